The van der Waals surface area contributed by atoms with Crippen LogP contribution in [0.2, 0.25) is 0 Å². The molecule has 1 fully saturated rings. The zero-order chi connectivity index (χ0) is 17.0. The minimum absolute atomic E-state index is 0.0330. The topological polar surface area (TPSA) is 111 Å². The van der Waals surface area contributed by atoms with Gasteiger partial charge < -0.3 is 14.8 Å². The number of methoxy groups -OCH3 is 2. The van der Waals surface area contributed by atoms with E-state index in [1.54, 1.807) is 0 Å². The average Bonchev–Trinajstić information content (AvgIpc) is 2.87. The van der Waals surface area contributed by atoms with Gasteiger partial charge in [0.15, 0.2) is 9.96 Å². The quantitative estimate of drug-likeness (QED) is 0.738. The number of esters is 1. The minimum atomic E-state index is -4.00. The van der Waals surface area contributed by atoms with Crippen molar-refractivity contribution >= 4 is 33.2 Å². The number of carbonyl (C=O) groups is 2. The molecule has 1 aromatic heterocycles. The summed E-state index contributed by atoms with van der Waals surface area (Å²) in [6.45, 7) is 0.534. The van der Waals surface area contributed by atoms with Crippen molar-refractivity contribution < 1.29 is 27.5 Å². The van der Waals surface area contributed by atoms with Crippen molar-refractivity contribution in [3.8, 4) is 5.75 Å². The monoisotopic (exact) mass is 362 g/mol. The van der Waals surface area contributed by atoms with Crippen molar-refractivity contribution in [3.63, 3.8) is 0 Å². The van der Waals surface area contributed by atoms with Gasteiger partial charge in [0.05, 0.1) is 14.2 Å². The van der Waals surface area contributed by atoms with Crippen LogP contribution < -0.4 is 14.8 Å². The summed E-state index contributed by atoms with van der Waals surface area (Å²) in [5.41, 5.74) is 0.0330. The summed E-state index contributed by atoms with van der Waals surface area (Å²) in [5, 5.41) is 4.02. The Morgan fingerprint density at radius 3 is 2.78 bits per heavy atom. The van der Waals surface area contributed by atoms with Gasteiger partial charge in [-0.1, -0.05) is 0 Å². The Kier molecular flexibility index (Phi) is 5.60. The molecule has 1 atom stereocenters. The van der Waals surface area contributed by atoms with Crippen LogP contribution in [-0.4, -0.2) is 47.1 Å². The lowest BCUT2D eigenvalue weighted by Gasteiger charge is -2.15. The lowest BCUT2D eigenvalue weighted by molar-refractivity contribution is -0.122. The Balaban J connectivity index is 2.30. The fourth-order valence-corrected chi connectivity index (χ4v) is 4.92. The number of rotatable bonds is 5. The molecule has 2 N–H and O–H groups in total. The molecule has 23 heavy (non-hydrogen) atoms. The first-order valence-corrected chi connectivity index (χ1v) is 9.31. The second kappa shape index (κ2) is 7.28. The number of thiophene rings is 1. The maximum absolute atomic E-state index is 12.5. The van der Waals surface area contributed by atoms with E-state index in [0.29, 0.717) is 13.0 Å². The molecule has 0 unspecified atom stereocenters. The molecule has 1 amide bonds. The van der Waals surface area contributed by atoms with Crippen molar-refractivity contribution in [3.05, 3.63) is 10.9 Å². The van der Waals surface area contributed by atoms with Crippen molar-refractivity contribution in [2.45, 2.75) is 29.5 Å². The second-order valence-electron chi connectivity index (χ2n) is 4.92. The lowest BCUT2D eigenvalue weighted by atomic mass is 10.1. The van der Waals surface area contributed by atoms with Gasteiger partial charge >= 0.3 is 5.97 Å². The predicted octanol–water partition coefficient (Wildman–Crippen LogP) is 0.490. The molecule has 1 aliphatic heterocycles. The molecule has 0 bridgehead atoms. The average molecular weight is 362 g/mol. The van der Waals surface area contributed by atoms with Gasteiger partial charge in [-0.2, -0.15) is 4.72 Å². The molecule has 0 spiro atoms. The SMILES string of the molecule is COC(=O)c1csc(S(=O)(=O)N[C@H]2CCCCNC2=O)c1OC. The number of ether oxygens (including phenoxy) is 2. The van der Waals surface area contributed by atoms with Gasteiger partial charge in [-0.15, -0.1) is 11.3 Å². The summed E-state index contributed by atoms with van der Waals surface area (Å²) in [4.78, 5) is 23.5. The standard InChI is InChI=1S/C13H18N2O6S2/c1-20-10-8(12(17)21-2)7-22-13(10)23(18,19)15-9-5-3-4-6-14-11(9)16/h7,9,15H,3-6H2,1-2H3,(H,14,16)/t9-/m0/s1. The zero-order valence-corrected chi connectivity index (χ0v) is 14.4. The minimum Gasteiger partial charge on any atom is -0.494 e. The molecule has 0 radical (unpaired) electrons. The largest absolute Gasteiger partial charge is 0.494 e. The van der Waals surface area contributed by atoms with E-state index in [4.69, 9.17) is 4.74 Å². The van der Waals surface area contributed by atoms with Crippen LogP contribution in [0, 0.1) is 0 Å². The third kappa shape index (κ3) is 3.82. The molecular formula is C13H18N2O6S2. The van der Waals surface area contributed by atoms with E-state index < -0.39 is 22.0 Å². The smallest absolute Gasteiger partial charge is 0.342 e. The van der Waals surface area contributed by atoms with Crippen LogP contribution in [0.4, 0.5) is 0 Å². The number of nitrogens with one attached hydrogen (secondary N) is 2. The van der Waals surface area contributed by atoms with Gasteiger partial charge in [0.1, 0.15) is 11.6 Å². The second-order valence-corrected chi connectivity index (χ2v) is 7.71. The van der Waals surface area contributed by atoms with Crippen LogP contribution in [0.3, 0.4) is 0 Å². The fraction of sp³-hybridized carbons (Fsp3) is 0.538. The molecule has 0 aromatic carbocycles. The third-order valence-corrected chi connectivity index (χ3v) is 6.37. The van der Waals surface area contributed by atoms with Crippen LogP contribution in [0.5, 0.6) is 5.75 Å². The van der Waals surface area contributed by atoms with Gasteiger partial charge in [0.2, 0.25) is 5.91 Å². The Labute approximate surface area is 138 Å². The predicted molar refractivity (Wildman–Crippen MR) is 83.2 cm³/mol. The number of sulfonamides is 1. The van der Waals surface area contributed by atoms with Crippen LogP contribution in [-0.2, 0) is 19.6 Å². The first-order valence-electron chi connectivity index (χ1n) is 6.94. The first kappa shape index (κ1) is 17.7. The summed E-state index contributed by atoms with van der Waals surface area (Å²) in [5.74, 6) is -1.12. The lowest BCUT2D eigenvalue weighted by Crippen LogP contribution is -2.45. The van der Waals surface area contributed by atoms with Crippen LogP contribution >= 0.6 is 11.3 Å². The Morgan fingerprint density at radius 1 is 1.39 bits per heavy atom. The van der Waals surface area contributed by atoms with E-state index in [0.717, 1.165) is 24.2 Å². The van der Waals surface area contributed by atoms with E-state index in [1.165, 1.54) is 19.6 Å². The van der Waals surface area contributed by atoms with Crippen LogP contribution in [0.25, 0.3) is 0 Å². The molecule has 1 aromatic rings. The number of amides is 1. The molecule has 0 aliphatic carbocycles. The van der Waals surface area contributed by atoms with E-state index in [1.807, 2.05) is 0 Å². The summed E-state index contributed by atoms with van der Waals surface area (Å²) >= 11 is 0.838. The van der Waals surface area contributed by atoms with Crippen molar-refractivity contribution in [2.24, 2.45) is 0 Å². The fourth-order valence-electron chi connectivity index (χ4n) is 2.25. The van der Waals surface area contributed by atoms with Crippen molar-refractivity contribution in [1.82, 2.24) is 10.0 Å². The molecule has 128 valence electrons. The highest BCUT2D eigenvalue weighted by molar-refractivity contribution is 7.91. The molecule has 0 saturated carbocycles. The highest BCUT2D eigenvalue weighted by atomic mass is 32.2. The maximum Gasteiger partial charge on any atom is 0.342 e. The van der Waals surface area contributed by atoms with Gasteiger partial charge in [-0.05, 0) is 19.3 Å². The molecule has 1 saturated heterocycles. The number of carbonyl (C=O) groups excluding carboxylic acids is 2. The molecular weight excluding hydrogens is 344 g/mol. The van der Waals surface area contributed by atoms with Crippen molar-refractivity contribution in [1.29, 1.82) is 0 Å². The molecule has 2 rings (SSSR count). The van der Waals surface area contributed by atoms with E-state index in [9.17, 15) is 18.0 Å². The van der Waals surface area contributed by atoms with E-state index in [2.05, 4.69) is 14.8 Å². The summed E-state index contributed by atoms with van der Waals surface area (Å²) in [6, 6.07) is -0.837. The Bertz CT molecular complexity index is 697. The molecule has 1 aliphatic rings. The zero-order valence-electron chi connectivity index (χ0n) is 12.7. The number of hydrogen-bond donors (Lipinski definition) is 2. The summed E-state index contributed by atoms with van der Waals surface area (Å²) < 4.78 is 37.0. The highest BCUT2D eigenvalue weighted by Crippen LogP contribution is 2.35. The normalized spacial score (nSPS) is 18.9. The molecule has 10 heteroatoms. The maximum atomic E-state index is 12.5. The van der Waals surface area contributed by atoms with Gasteiger partial charge in [-0.25, -0.2) is 13.2 Å². The summed E-state index contributed by atoms with van der Waals surface area (Å²) in [7, 11) is -1.53. The van der Waals surface area contributed by atoms with E-state index in [-0.39, 0.29) is 21.4 Å². The highest BCUT2D eigenvalue weighted by Gasteiger charge is 2.32. The first-order chi connectivity index (χ1) is 10.9. The van der Waals surface area contributed by atoms with E-state index >= 15 is 0 Å². The molecule has 8 nitrogen and oxygen atoms in total. The Morgan fingerprint density at radius 2 is 2.13 bits per heavy atom. The van der Waals surface area contributed by atoms with Gasteiger partial charge in [0.25, 0.3) is 10.0 Å². The van der Waals surface area contributed by atoms with Crippen LogP contribution in [0.15, 0.2) is 9.59 Å². The van der Waals surface area contributed by atoms with Gasteiger partial charge in [0, 0.05) is 11.9 Å². The van der Waals surface area contributed by atoms with Gasteiger partial charge in [-0.3, -0.25) is 4.79 Å². The molecule has 2 heterocycles. The Hall–Kier alpha value is -1.65. The number of hydrogen-bond acceptors (Lipinski definition) is 7. The van der Waals surface area contributed by atoms with Crippen molar-refractivity contribution in [2.75, 3.05) is 20.8 Å². The summed E-state index contributed by atoms with van der Waals surface area (Å²) in [6.07, 6.45) is 1.96. The third-order valence-electron chi connectivity index (χ3n) is 3.40. The van der Waals surface area contributed by atoms with Crippen LogP contribution in [0.1, 0.15) is 29.6 Å².